The Morgan fingerprint density at radius 1 is 1.17 bits per heavy atom. The Bertz CT molecular complexity index is 474. The molecule has 1 heterocycles. The molecule has 0 aliphatic heterocycles. The Morgan fingerprint density at radius 2 is 1.83 bits per heavy atom. The zero-order valence-corrected chi connectivity index (χ0v) is 11.4. The van der Waals surface area contributed by atoms with Crippen molar-refractivity contribution in [2.45, 2.75) is 12.5 Å². The minimum Gasteiger partial charge on any atom is -0.496 e. The van der Waals surface area contributed by atoms with Crippen LogP contribution in [0.25, 0.3) is 0 Å². The van der Waals surface area contributed by atoms with Gasteiger partial charge in [-0.15, -0.1) is 0 Å². The molecule has 1 aromatic heterocycles. The highest BCUT2D eigenvalue weighted by Gasteiger charge is 2.17. The van der Waals surface area contributed by atoms with Gasteiger partial charge in [0.1, 0.15) is 11.5 Å². The molecular weight excluding hydrogens is 246 g/mol. The zero-order chi connectivity index (χ0) is 13.0. The standard InChI is InChI=1S/C14H17NO2S/c1-16-12-4-3-5-13(17-2)14(12)11(15)8-10-6-7-18-9-10/h3-7,9,11H,8,15H2,1-2H3. The van der Waals surface area contributed by atoms with Crippen LogP contribution < -0.4 is 15.2 Å². The van der Waals surface area contributed by atoms with Gasteiger partial charge in [-0.1, -0.05) is 6.07 Å². The van der Waals surface area contributed by atoms with E-state index in [1.54, 1.807) is 25.6 Å². The number of benzene rings is 1. The molecule has 0 aliphatic rings. The lowest BCUT2D eigenvalue weighted by Gasteiger charge is -2.18. The van der Waals surface area contributed by atoms with Gasteiger partial charge in [0.2, 0.25) is 0 Å². The number of methoxy groups -OCH3 is 2. The lowest BCUT2D eigenvalue weighted by atomic mass is 9.99. The van der Waals surface area contributed by atoms with E-state index in [-0.39, 0.29) is 6.04 Å². The summed E-state index contributed by atoms with van der Waals surface area (Å²) < 4.78 is 10.7. The lowest BCUT2D eigenvalue weighted by molar-refractivity contribution is 0.379. The lowest BCUT2D eigenvalue weighted by Crippen LogP contribution is -2.15. The van der Waals surface area contributed by atoms with Gasteiger partial charge in [-0.25, -0.2) is 0 Å². The van der Waals surface area contributed by atoms with Crippen LogP contribution in [0.2, 0.25) is 0 Å². The quantitative estimate of drug-likeness (QED) is 0.902. The molecule has 2 N–H and O–H groups in total. The highest BCUT2D eigenvalue weighted by atomic mass is 32.1. The van der Waals surface area contributed by atoms with Crippen LogP contribution in [-0.4, -0.2) is 14.2 Å². The predicted octanol–water partition coefficient (Wildman–Crippen LogP) is 3.01. The molecule has 0 bridgehead atoms. The highest BCUT2D eigenvalue weighted by Crippen LogP contribution is 2.34. The number of ether oxygens (including phenoxy) is 2. The largest absolute Gasteiger partial charge is 0.496 e. The van der Waals surface area contributed by atoms with Crippen LogP contribution in [0.5, 0.6) is 11.5 Å². The van der Waals surface area contributed by atoms with E-state index in [1.165, 1.54) is 5.56 Å². The maximum atomic E-state index is 6.28. The van der Waals surface area contributed by atoms with Crippen molar-refractivity contribution in [2.75, 3.05) is 14.2 Å². The topological polar surface area (TPSA) is 44.5 Å². The highest BCUT2D eigenvalue weighted by molar-refractivity contribution is 7.07. The zero-order valence-electron chi connectivity index (χ0n) is 10.6. The van der Waals surface area contributed by atoms with E-state index in [1.807, 2.05) is 18.2 Å². The average molecular weight is 263 g/mol. The van der Waals surface area contributed by atoms with Gasteiger partial charge in [0, 0.05) is 6.04 Å². The van der Waals surface area contributed by atoms with E-state index >= 15 is 0 Å². The molecule has 0 aliphatic carbocycles. The van der Waals surface area contributed by atoms with Crippen LogP contribution in [0.1, 0.15) is 17.2 Å². The van der Waals surface area contributed by atoms with Crippen molar-refractivity contribution in [3.8, 4) is 11.5 Å². The molecule has 0 fully saturated rings. The van der Waals surface area contributed by atoms with Crippen molar-refractivity contribution in [2.24, 2.45) is 5.73 Å². The van der Waals surface area contributed by atoms with Gasteiger partial charge >= 0.3 is 0 Å². The molecule has 3 nitrogen and oxygen atoms in total. The molecule has 0 radical (unpaired) electrons. The van der Waals surface area contributed by atoms with Crippen LogP contribution in [0.15, 0.2) is 35.0 Å². The van der Waals surface area contributed by atoms with E-state index in [9.17, 15) is 0 Å². The predicted molar refractivity (Wildman–Crippen MR) is 74.5 cm³/mol. The average Bonchev–Trinajstić information content (AvgIpc) is 2.90. The third kappa shape index (κ3) is 2.66. The first-order chi connectivity index (χ1) is 8.76. The van der Waals surface area contributed by atoms with Crippen LogP contribution >= 0.6 is 11.3 Å². The van der Waals surface area contributed by atoms with E-state index in [0.717, 1.165) is 23.5 Å². The molecule has 1 aromatic carbocycles. The molecule has 0 spiro atoms. The molecule has 1 unspecified atom stereocenters. The number of nitrogens with two attached hydrogens (primary N) is 1. The van der Waals surface area contributed by atoms with Crippen molar-refractivity contribution < 1.29 is 9.47 Å². The molecule has 0 saturated heterocycles. The first-order valence-corrected chi connectivity index (χ1v) is 6.68. The van der Waals surface area contributed by atoms with Gasteiger partial charge in [-0.2, -0.15) is 11.3 Å². The summed E-state index contributed by atoms with van der Waals surface area (Å²) >= 11 is 1.68. The van der Waals surface area contributed by atoms with E-state index in [2.05, 4.69) is 16.8 Å². The van der Waals surface area contributed by atoms with Crippen LogP contribution in [0, 0.1) is 0 Å². The number of rotatable bonds is 5. The molecule has 2 aromatic rings. The Labute approximate surface area is 111 Å². The van der Waals surface area contributed by atoms with Crippen LogP contribution in [0.4, 0.5) is 0 Å². The molecule has 96 valence electrons. The van der Waals surface area contributed by atoms with E-state index in [4.69, 9.17) is 15.2 Å². The molecule has 0 saturated carbocycles. The van der Waals surface area contributed by atoms with Gasteiger partial charge in [0.25, 0.3) is 0 Å². The maximum absolute atomic E-state index is 6.28. The summed E-state index contributed by atoms with van der Waals surface area (Å²) in [6.45, 7) is 0. The normalized spacial score (nSPS) is 12.2. The van der Waals surface area contributed by atoms with E-state index < -0.39 is 0 Å². The smallest absolute Gasteiger partial charge is 0.127 e. The van der Waals surface area contributed by atoms with Gasteiger partial charge in [-0.05, 0) is 40.9 Å². The summed E-state index contributed by atoms with van der Waals surface area (Å²) in [5.41, 5.74) is 8.44. The number of hydrogen-bond donors (Lipinski definition) is 1. The van der Waals surface area contributed by atoms with Gasteiger partial charge in [-0.3, -0.25) is 0 Å². The second-order valence-electron chi connectivity index (χ2n) is 4.02. The summed E-state index contributed by atoms with van der Waals surface area (Å²) in [7, 11) is 3.30. The summed E-state index contributed by atoms with van der Waals surface area (Å²) in [6, 6.07) is 7.67. The van der Waals surface area contributed by atoms with Crippen LogP contribution in [-0.2, 0) is 6.42 Å². The fourth-order valence-corrected chi connectivity index (χ4v) is 2.69. The first-order valence-electron chi connectivity index (χ1n) is 5.73. The summed E-state index contributed by atoms with van der Waals surface area (Å²) in [6.07, 6.45) is 0.778. The van der Waals surface area contributed by atoms with Crippen LogP contribution in [0.3, 0.4) is 0 Å². The van der Waals surface area contributed by atoms with Gasteiger partial charge in [0.15, 0.2) is 0 Å². The molecule has 18 heavy (non-hydrogen) atoms. The van der Waals surface area contributed by atoms with Crippen molar-refractivity contribution in [3.63, 3.8) is 0 Å². The Hall–Kier alpha value is -1.52. The Balaban J connectivity index is 2.30. The number of hydrogen-bond acceptors (Lipinski definition) is 4. The third-order valence-electron chi connectivity index (χ3n) is 2.87. The van der Waals surface area contributed by atoms with Gasteiger partial charge in [0.05, 0.1) is 19.8 Å². The SMILES string of the molecule is COc1cccc(OC)c1C(N)Cc1ccsc1. The third-order valence-corrected chi connectivity index (χ3v) is 3.60. The Morgan fingerprint density at radius 3 is 2.33 bits per heavy atom. The monoisotopic (exact) mass is 263 g/mol. The van der Waals surface area contributed by atoms with Crippen molar-refractivity contribution in [1.82, 2.24) is 0 Å². The fourth-order valence-electron chi connectivity index (χ4n) is 2.01. The minimum absolute atomic E-state index is 0.134. The Kier molecular flexibility index (Phi) is 4.23. The summed E-state index contributed by atoms with van der Waals surface area (Å²) in [4.78, 5) is 0. The second-order valence-corrected chi connectivity index (χ2v) is 4.80. The minimum atomic E-state index is -0.134. The first kappa shape index (κ1) is 12.9. The molecule has 2 rings (SSSR count). The molecule has 4 heteroatoms. The maximum Gasteiger partial charge on any atom is 0.127 e. The van der Waals surface area contributed by atoms with Crippen molar-refractivity contribution in [1.29, 1.82) is 0 Å². The van der Waals surface area contributed by atoms with Crippen molar-refractivity contribution >= 4 is 11.3 Å². The molecule has 1 atom stereocenters. The summed E-state index contributed by atoms with van der Waals surface area (Å²) in [5.74, 6) is 1.55. The second kappa shape index (κ2) is 5.89. The van der Waals surface area contributed by atoms with Gasteiger partial charge < -0.3 is 15.2 Å². The van der Waals surface area contributed by atoms with Crippen molar-refractivity contribution in [3.05, 3.63) is 46.2 Å². The molecular formula is C14H17NO2S. The number of thiophene rings is 1. The molecule has 0 amide bonds. The van der Waals surface area contributed by atoms with E-state index in [0.29, 0.717) is 0 Å². The summed E-state index contributed by atoms with van der Waals surface area (Å²) in [5, 5.41) is 4.17. The fraction of sp³-hybridized carbons (Fsp3) is 0.286.